The average Bonchev–Trinajstić information content (AvgIpc) is 3.34. The Labute approximate surface area is 182 Å². The second kappa shape index (κ2) is 9.64. The summed E-state index contributed by atoms with van der Waals surface area (Å²) in [6, 6.07) is 22.3. The highest BCUT2D eigenvalue weighted by molar-refractivity contribution is 7.13. The van der Waals surface area contributed by atoms with E-state index in [1.165, 1.54) is 23.6 Å². The van der Waals surface area contributed by atoms with Gasteiger partial charge in [-0.05, 0) is 35.2 Å². The van der Waals surface area contributed by atoms with Crippen molar-refractivity contribution < 1.29 is 9.53 Å². The molecule has 154 valence electrons. The number of ether oxygens (including phenoxy) is 1. The first-order chi connectivity index (χ1) is 15.2. The van der Waals surface area contributed by atoms with Crippen LogP contribution in [0.3, 0.4) is 0 Å². The number of nitrogens with one attached hydrogen (secondary N) is 2. The Kier molecular flexibility index (Phi) is 6.29. The topological polar surface area (TPSA) is 96.4 Å². The Hall–Kier alpha value is -4.04. The molecule has 2 aromatic carbocycles. The molecule has 2 N–H and O–H groups in total. The van der Waals surface area contributed by atoms with E-state index in [0.29, 0.717) is 12.3 Å². The van der Waals surface area contributed by atoms with E-state index in [1.807, 2.05) is 72.1 Å². The third-order valence-electron chi connectivity index (χ3n) is 4.33. The van der Waals surface area contributed by atoms with Gasteiger partial charge in [-0.25, -0.2) is 10.2 Å². The van der Waals surface area contributed by atoms with Crippen LogP contribution in [0, 0.1) is 0 Å². The highest BCUT2D eigenvalue weighted by atomic mass is 32.1. The zero-order valence-corrected chi connectivity index (χ0v) is 17.1. The molecule has 2 heterocycles. The number of aromatic amines is 1. The van der Waals surface area contributed by atoms with Gasteiger partial charge in [-0.2, -0.15) is 10.1 Å². The summed E-state index contributed by atoms with van der Waals surface area (Å²) in [6.45, 7) is 0.361. The largest absolute Gasteiger partial charge is 0.489 e. The SMILES string of the molecule is O=C(N/N=C/c1ccccc1COc1ccccc1)c1cc(-c2cccs2)[nH]c(=O)n1. The lowest BCUT2D eigenvalue weighted by atomic mass is 10.1. The highest BCUT2D eigenvalue weighted by Crippen LogP contribution is 2.21. The van der Waals surface area contributed by atoms with Gasteiger partial charge < -0.3 is 9.72 Å². The maximum Gasteiger partial charge on any atom is 0.346 e. The molecular weight excluding hydrogens is 412 g/mol. The summed E-state index contributed by atoms with van der Waals surface area (Å²) in [5, 5.41) is 5.91. The fraction of sp³-hybridized carbons (Fsp3) is 0.0435. The Balaban J connectivity index is 1.44. The zero-order chi connectivity index (χ0) is 21.5. The van der Waals surface area contributed by atoms with E-state index in [9.17, 15) is 9.59 Å². The van der Waals surface area contributed by atoms with Crippen molar-refractivity contribution in [3.8, 4) is 16.3 Å². The van der Waals surface area contributed by atoms with E-state index in [4.69, 9.17) is 4.74 Å². The summed E-state index contributed by atoms with van der Waals surface area (Å²) in [5.74, 6) is 0.197. The van der Waals surface area contributed by atoms with Crippen LogP contribution in [0.5, 0.6) is 5.75 Å². The minimum Gasteiger partial charge on any atom is -0.489 e. The number of rotatable bonds is 7. The molecule has 0 aliphatic heterocycles. The summed E-state index contributed by atoms with van der Waals surface area (Å²) >= 11 is 1.45. The van der Waals surface area contributed by atoms with Crippen molar-refractivity contribution >= 4 is 23.5 Å². The molecule has 0 fully saturated rings. The Bertz CT molecular complexity index is 1250. The molecule has 4 rings (SSSR count). The van der Waals surface area contributed by atoms with Crippen molar-refractivity contribution in [1.82, 2.24) is 15.4 Å². The van der Waals surface area contributed by atoms with Crippen LogP contribution in [0.25, 0.3) is 10.6 Å². The molecule has 0 unspecified atom stereocenters. The number of amides is 1. The molecule has 0 spiro atoms. The van der Waals surface area contributed by atoms with E-state index >= 15 is 0 Å². The maximum absolute atomic E-state index is 12.4. The molecule has 0 saturated carbocycles. The molecule has 0 saturated heterocycles. The number of nitrogens with zero attached hydrogens (tertiary/aromatic N) is 2. The maximum atomic E-state index is 12.4. The summed E-state index contributed by atoms with van der Waals surface area (Å²) in [4.78, 5) is 31.5. The monoisotopic (exact) mass is 430 g/mol. The minimum absolute atomic E-state index is 0.00926. The molecular formula is C23H18N4O3S. The second-order valence-electron chi connectivity index (χ2n) is 6.46. The quantitative estimate of drug-likeness (QED) is 0.344. The number of carbonyl (C=O) groups is 1. The van der Waals surface area contributed by atoms with Crippen molar-refractivity contribution in [2.75, 3.05) is 0 Å². The summed E-state index contributed by atoms with van der Waals surface area (Å²) in [5.41, 5.74) is 4.08. The number of hydrogen-bond donors (Lipinski definition) is 2. The number of para-hydroxylation sites is 1. The van der Waals surface area contributed by atoms with Crippen molar-refractivity contribution in [2.45, 2.75) is 6.61 Å². The van der Waals surface area contributed by atoms with E-state index in [1.54, 1.807) is 0 Å². The normalized spacial score (nSPS) is 10.8. The van der Waals surface area contributed by atoms with Gasteiger partial charge in [0.05, 0.1) is 16.8 Å². The second-order valence-corrected chi connectivity index (χ2v) is 7.41. The van der Waals surface area contributed by atoms with Crippen LogP contribution in [-0.2, 0) is 6.61 Å². The van der Waals surface area contributed by atoms with Gasteiger partial charge in [-0.1, -0.05) is 48.5 Å². The lowest BCUT2D eigenvalue weighted by Gasteiger charge is -2.08. The van der Waals surface area contributed by atoms with Crippen molar-refractivity contribution in [3.05, 3.63) is 105 Å². The first kappa shape index (κ1) is 20.2. The minimum atomic E-state index is -0.594. The molecule has 7 nitrogen and oxygen atoms in total. The van der Waals surface area contributed by atoms with Crippen LogP contribution >= 0.6 is 11.3 Å². The molecule has 0 atom stereocenters. The van der Waals surface area contributed by atoms with Crippen LogP contribution < -0.4 is 15.9 Å². The van der Waals surface area contributed by atoms with Crippen molar-refractivity contribution in [3.63, 3.8) is 0 Å². The molecule has 0 aliphatic rings. The number of carbonyl (C=O) groups excluding carboxylic acids is 1. The summed E-state index contributed by atoms with van der Waals surface area (Å²) in [6.07, 6.45) is 1.54. The molecule has 31 heavy (non-hydrogen) atoms. The van der Waals surface area contributed by atoms with Gasteiger partial charge in [0, 0.05) is 5.56 Å². The fourth-order valence-corrected chi connectivity index (χ4v) is 3.52. The van der Waals surface area contributed by atoms with Gasteiger partial charge in [0.25, 0.3) is 5.91 Å². The summed E-state index contributed by atoms with van der Waals surface area (Å²) in [7, 11) is 0. The smallest absolute Gasteiger partial charge is 0.346 e. The highest BCUT2D eigenvalue weighted by Gasteiger charge is 2.11. The fourth-order valence-electron chi connectivity index (χ4n) is 2.83. The van der Waals surface area contributed by atoms with Gasteiger partial charge in [0.15, 0.2) is 0 Å². The standard InChI is InChI=1S/C23H18N4O3S/c28-22(20-13-19(25-23(29)26-20)21-11-6-12-31-21)27-24-14-16-7-4-5-8-17(16)15-30-18-9-2-1-3-10-18/h1-14H,15H2,(H,27,28)(H,25,26,29)/b24-14+. The van der Waals surface area contributed by atoms with Crippen LogP contribution in [0.2, 0.25) is 0 Å². The lowest BCUT2D eigenvalue weighted by molar-refractivity contribution is 0.0949. The molecule has 0 aliphatic carbocycles. The first-order valence-electron chi connectivity index (χ1n) is 9.43. The Morgan fingerprint density at radius 3 is 2.71 bits per heavy atom. The van der Waals surface area contributed by atoms with Crippen LogP contribution in [0.4, 0.5) is 0 Å². The van der Waals surface area contributed by atoms with Crippen LogP contribution in [-0.4, -0.2) is 22.1 Å². The first-order valence-corrected chi connectivity index (χ1v) is 10.3. The molecule has 2 aromatic heterocycles. The molecule has 0 radical (unpaired) electrons. The molecule has 8 heteroatoms. The van der Waals surface area contributed by atoms with Gasteiger partial charge in [-0.15, -0.1) is 11.3 Å². The van der Waals surface area contributed by atoms with Gasteiger partial charge in [-0.3, -0.25) is 4.79 Å². The number of aromatic nitrogens is 2. The van der Waals surface area contributed by atoms with E-state index in [-0.39, 0.29) is 5.69 Å². The number of hydrazone groups is 1. The Morgan fingerprint density at radius 2 is 1.90 bits per heavy atom. The number of H-pyrrole nitrogens is 1. The van der Waals surface area contributed by atoms with Crippen LogP contribution in [0.1, 0.15) is 21.6 Å². The molecule has 4 aromatic rings. The number of benzene rings is 2. The average molecular weight is 430 g/mol. The van der Waals surface area contributed by atoms with Crippen molar-refractivity contribution in [1.29, 1.82) is 0 Å². The van der Waals surface area contributed by atoms with Gasteiger partial charge in [0.1, 0.15) is 18.1 Å². The number of thiophene rings is 1. The molecule has 1 amide bonds. The Morgan fingerprint density at radius 1 is 1.10 bits per heavy atom. The van der Waals surface area contributed by atoms with Crippen molar-refractivity contribution in [2.24, 2.45) is 5.10 Å². The number of hydrogen-bond acceptors (Lipinski definition) is 6. The van der Waals surface area contributed by atoms with E-state index in [2.05, 4.69) is 20.5 Å². The lowest BCUT2D eigenvalue weighted by Crippen LogP contribution is -2.24. The summed E-state index contributed by atoms with van der Waals surface area (Å²) < 4.78 is 5.79. The zero-order valence-electron chi connectivity index (χ0n) is 16.3. The predicted molar refractivity (Wildman–Crippen MR) is 120 cm³/mol. The van der Waals surface area contributed by atoms with Crippen LogP contribution in [0.15, 0.2) is 88.1 Å². The third-order valence-corrected chi connectivity index (χ3v) is 5.23. The van der Waals surface area contributed by atoms with Gasteiger partial charge in [0.2, 0.25) is 0 Å². The molecule has 0 bridgehead atoms. The predicted octanol–water partition coefficient (Wildman–Crippen LogP) is 3.84. The van der Waals surface area contributed by atoms with Gasteiger partial charge >= 0.3 is 5.69 Å². The third kappa shape index (κ3) is 5.31. The van der Waals surface area contributed by atoms with E-state index < -0.39 is 11.6 Å². The van der Waals surface area contributed by atoms with E-state index in [0.717, 1.165) is 21.8 Å².